The molecule has 0 amide bonds. The first-order chi connectivity index (χ1) is 12.8. The maximum atomic E-state index is 4.62. The van der Waals surface area contributed by atoms with Crippen LogP contribution in [0.5, 0.6) is 0 Å². The van der Waals surface area contributed by atoms with E-state index in [-0.39, 0.29) is 0 Å². The summed E-state index contributed by atoms with van der Waals surface area (Å²) in [6.07, 6.45) is 8.05. The fraction of sp³-hybridized carbons (Fsp3) is 0. The molecule has 2 N–H and O–H groups in total. The summed E-state index contributed by atoms with van der Waals surface area (Å²) in [6, 6.07) is 16.4. The van der Waals surface area contributed by atoms with Crippen LogP contribution in [0.4, 0.5) is 0 Å². The predicted molar refractivity (Wildman–Crippen MR) is 106 cm³/mol. The molecule has 5 rings (SSSR count). The quantitative estimate of drug-likeness (QED) is 0.342. The molecular weight excluding hydrogens is 394 g/mol. The van der Waals surface area contributed by atoms with Crippen LogP contribution in [0.15, 0.2) is 48.5 Å². The first-order valence-electron chi connectivity index (χ1n) is 8.14. The number of rotatable bonds is 0. The zero-order valence-electron chi connectivity index (χ0n) is 13.9. The van der Waals surface area contributed by atoms with Crippen LogP contribution >= 0.6 is 10.1 Å². The first-order valence-corrected chi connectivity index (χ1v) is 12.3. The summed E-state index contributed by atoms with van der Waals surface area (Å²) in [7, 11) is 4.21. The minimum atomic E-state index is 0.915. The van der Waals surface area contributed by atoms with E-state index < -0.39 is 0 Å². The van der Waals surface area contributed by atoms with E-state index in [9.17, 15) is 0 Å². The summed E-state index contributed by atoms with van der Waals surface area (Å²) in [6.45, 7) is 0. The molecule has 122 valence electrons. The van der Waals surface area contributed by atoms with Gasteiger partial charge in [0, 0.05) is 22.1 Å². The van der Waals surface area contributed by atoms with Gasteiger partial charge in [0.2, 0.25) is 0 Å². The van der Waals surface area contributed by atoms with Crippen molar-refractivity contribution >= 4 is 56.5 Å². The second kappa shape index (κ2) is 7.36. The van der Waals surface area contributed by atoms with Gasteiger partial charge in [0.25, 0.3) is 0 Å². The summed E-state index contributed by atoms with van der Waals surface area (Å²) in [5, 5.41) is 0. The van der Waals surface area contributed by atoms with Crippen molar-refractivity contribution < 1.29 is 16.6 Å². The molecule has 6 heteroatoms. The molecular formula is C20H14N4SZn. The Bertz CT molecular complexity index is 1100. The summed E-state index contributed by atoms with van der Waals surface area (Å²) in [5.74, 6) is 0. The van der Waals surface area contributed by atoms with Gasteiger partial charge >= 0.3 is 26.7 Å². The molecule has 0 aromatic carbocycles. The molecule has 26 heavy (non-hydrogen) atoms. The van der Waals surface area contributed by atoms with E-state index in [2.05, 4.69) is 60.4 Å². The van der Waals surface area contributed by atoms with Crippen LogP contribution in [0.3, 0.4) is 0 Å². The van der Waals surface area contributed by atoms with Crippen LogP contribution in [0, 0.1) is 0 Å². The van der Waals surface area contributed by atoms with Gasteiger partial charge in [-0.15, -0.1) is 0 Å². The Morgan fingerprint density at radius 3 is 1.31 bits per heavy atom. The van der Waals surface area contributed by atoms with Crippen molar-refractivity contribution in [2.45, 2.75) is 0 Å². The van der Waals surface area contributed by atoms with Gasteiger partial charge in [-0.1, -0.05) is 0 Å². The van der Waals surface area contributed by atoms with Crippen LogP contribution in [-0.2, 0) is 16.6 Å². The van der Waals surface area contributed by atoms with Gasteiger partial charge in [0.05, 0.1) is 22.8 Å². The molecule has 3 aromatic heterocycles. The minimum absolute atomic E-state index is 0.915. The van der Waals surface area contributed by atoms with Gasteiger partial charge < -0.3 is 9.97 Å². The molecule has 2 aliphatic rings. The summed E-state index contributed by atoms with van der Waals surface area (Å²) in [4.78, 5) is 16.0. The van der Waals surface area contributed by atoms with E-state index in [0.717, 1.165) is 61.4 Å². The summed E-state index contributed by atoms with van der Waals surface area (Å²) >= 11 is 0.958. The number of hydrogen-bond acceptors (Lipinski definition) is 3. The zero-order chi connectivity index (χ0) is 17.9. The van der Waals surface area contributed by atoms with E-state index >= 15 is 0 Å². The van der Waals surface area contributed by atoms with Crippen LogP contribution in [0.1, 0.15) is 22.8 Å². The molecule has 0 unspecified atom stereocenters. The zero-order valence-corrected chi connectivity index (χ0v) is 17.7. The SMILES string of the molecule is C1=Cc2cc3ccc(cc4ccc(cc5nc(cc1n2)C=C5)[nH]4)[nH]3.[S]=[Zn]. The topological polar surface area (TPSA) is 57.4 Å². The third kappa shape index (κ3) is 3.67. The summed E-state index contributed by atoms with van der Waals surface area (Å²) in [5.41, 5.74) is 7.86. The Hall–Kier alpha value is -2.56. The Kier molecular flexibility index (Phi) is 4.78. The Morgan fingerprint density at radius 1 is 0.538 bits per heavy atom. The van der Waals surface area contributed by atoms with Gasteiger partial charge in [0.1, 0.15) is 0 Å². The number of fused-ring (bicyclic) bond motifs is 8. The Labute approximate surface area is 164 Å². The van der Waals surface area contributed by atoms with E-state index in [1.807, 2.05) is 42.5 Å². The molecule has 0 spiro atoms. The third-order valence-corrected chi connectivity index (χ3v) is 4.04. The number of aromatic amines is 2. The van der Waals surface area contributed by atoms with Crippen LogP contribution < -0.4 is 0 Å². The van der Waals surface area contributed by atoms with Gasteiger partial charge in [-0.3, -0.25) is 0 Å². The van der Waals surface area contributed by atoms with Crippen LogP contribution in [0.2, 0.25) is 0 Å². The molecule has 8 bridgehead atoms. The molecule has 0 saturated carbocycles. The normalized spacial score (nSPS) is 11.9. The molecule has 0 radical (unpaired) electrons. The standard InChI is InChI=1S/C20H14N4.S.Zn/c1-2-14-10-16-5-6-18(23-16)12-20-8-7-19(24-20)11-17-4-3-15(22-17)9-13(1)21-14;;/h1-12,21-22H;;. The molecule has 5 heterocycles. The number of H-pyrrole nitrogens is 2. The Balaban J connectivity index is 0.000000814. The van der Waals surface area contributed by atoms with Crippen molar-refractivity contribution in [2.24, 2.45) is 0 Å². The fourth-order valence-electron chi connectivity index (χ4n) is 2.94. The second-order valence-electron chi connectivity index (χ2n) is 5.91. The average Bonchev–Trinajstić information content (AvgIpc) is 3.42. The van der Waals surface area contributed by atoms with E-state index in [1.165, 1.54) is 0 Å². The van der Waals surface area contributed by atoms with Gasteiger partial charge in [-0.2, -0.15) is 0 Å². The molecule has 0 atom stereocenters. The first kappa shape index (κ1) is 16.9. The second-order valence-corrected chi connectivity index (χ2v) is 5.91. The van der Waals surface area contributed by atoms with E-state index in [1.54, 1.807) is 0 Å². The van der Waals surface area contributed by atoms with Gasteiger partial charge in [0.15, 0.2) is 0 Å². The van der Waals surface area contributed by atoms with Crippen molar-refractivity contribution in [1.82, 2.24) is 19.9 Å². The number of aromatic nitrogens is 4. The van der Waals surface area contributed by atoms with Crippen molar-refractivity contribution in [2.75, 3.05) is 0 Å². The van der Waals surface area contributed by atoms with Crippen LogP contribution in [-0.4, -0.2) is 19.9 Å². The monoisotopic (exact) mass is 406 g/mol. The molecule has 2 aliphatic heterocycles. The van der Waals surface area contributed by atoms with E-state index in [4.69, 9.17) is 0 Å². The Morgan fingerprint density at radius 2 is 0.885 bits per heavy atom. The van der Waals surface area contributed by atoms with E-state index in [0.29, 0.717) is 0 Å². The molecule has 0 saturated heterocycles. The van der Waals surface area contributed by atoms with Crippen molar-refractivity contribution in [1.29, 1.82) is 0 Å². The number of hydrogen-bond donors (Lipinski definition) is 2. The molecule has 4 nitrogen and oxygen atoms in total. The third-order valence-electron chi connectivity index (χ3n) is 4.04. The van der Waals surface area contributed by atoms with Crippen LogP contribution in [0.25, 0.3) is 46.4 Å². The summed E-state index contributed by atoms with van der Waals surface area (Å²) < 4.78 is 0. The maximum absolute atomic E-state index is 4.62. The van der Waals surface area contributed by atoms with Crippen molar-refractivity contribution in [3.05, 3.63) is 71.3 Å². The molecule has 0 fully saturated rings. The van der Waals surface area contributed by atoms with Gasteiger partial charge in [-0.25, -0.2) is 9.97 Å². The number of nitrogens with zero attached hydrogens (tertiary/aromatic N) is 2. The molecule has 3 aromatic rings. The molecule has 0 aliphatic carbocycles. The average molecular weight is 408 g/mol. The van der Waals surface area contributed by atoms with Crippen molar-refractivity contribution in [3.8, 4) is 0 Å². The van der Waals surface area contributed by atoms with Crippen molar-refractivity contribution in [3.63, 3.8) is 0 Å². The number of nitrogens with one attached hydrogen (secondary N) is 2. The van der Waals surface area contributed by atoms with Gasteiger partial charge in [-0.05, 0) is 72.8 Å². The fourth-order valence-corrected chi connectivity index (χ4v) is 2.94. The predicted octanol–water partition coefficient (Wildman–Crippen LogP) is 5.30.